The fourth-order valence-electron chi connectivity index (χ4n) is 2.57. The average molecular weight is 416 g/mol. The molecular weight excluding hydrogens is 406 g/mol. The maximum absolute atomic E-state index is 14.2. The number of carbonyl (C=O) groups is 1. The molecule has 0 aliphatic carbocycles. The Balaban J connectivity index is 1.95. The predicted molar refractivity (Wildman–Crippen MR) is 88.4 cm³/mol. The topological polar surface area (TPSA) is 44.8 Å². The monoisotopic (exact) mass is 416 g/mol. The number of rotatable bonds is 5. The molecule has 0 spiro atoms. The van der Waals surface area contributed by atoms with E-state index in [0.29, 0.717) is 6.07 Å². The van der Waals surface area contributed by atoms with Gasteiger partial charge in [-0.1, -0.05) is 0 Å². The first-order chi connectivity index (χ1) is 13.7. The van der Waals surface area contributed by atoms with Gasteiger partial charge in [0.1, 0.15) is 28.7 Å². The van der Waals surface area contributed by atoms with E-state index in [9.17, 15) is 31.1 Å². The lowest BCUT2D eigenvalue weighted by Crippen LogP contribution is -2.13. The van der Waals surface area contributed by atoms with Gasteiger partial charge >= 0.3 is 12.6 Å². The molecule has 0 fully saturated rings. The Labute approximate surface area is 159 Å². The maximum Gasteiger partial charge on any atom is 0.387 e. The van der Waals surface area contributed by atoms with E-state index in [1.165, 1.54) is 7.11 Å². The van der Waals surface area contributed by atoms with Gasteiger partial charge in [-0.3, -0.25) is 0 Å². The molecule has 0 aliphatic heterocycles. The molecule has 0 N–H and O–H groups in total. The van der Waals surface area contributed by atoms with Crippen LogP contribution in [0.2, 0.25) is 0 Å². The highest BCUT2D eigenvalue weighted by Gasteiger charge is 2.23. The molecule has 4 nitrogen and oxygen atoms in total. The van der Waals surface area contributed by atoms with E-state index in [-0.39, 0.29) is 22.3 Å². The molecule has 0 aliphatic rings. The van der Waals surface area contributed by atoms with Gasteiger partial charge in [0.25, 0.3) is 0 Å². The first kappa shape index (κ1) is 20.3. The quantitative estimate of drug-likeness (QED) is 0.325. The number of hydrogen-bond acceptors (Lipinski definition) is 4. The third-order valence-corrected chi connectivity index (χ3v) is 3.83. The summed E-state index contributed by atoms with van der Waals surface area (Å²) in [4.78, 5) is 12.1. The highest BCUT2D eigenvalue weighted by Crippen LogP contribution is 2.33. The number of hydrogen-bond donors (Lipinski definition) is 0. The van der Waals surface area contributed by atoms with E-state index in [0.717, 1.165) is 30.3 Å². The van der Waals surface area contributed by atoms with Crippen LogP contribution in [-0.2, 0) is 0 Å². The summed E-state index contributed by atoms with van der Waals surface area (Å²) in [6.07, 6.45) is 0. The van der Waals surface area contributed by atoms with Gasteiger partial charge in [-0.15, -0.1) is 0 Å². The molecule has 0 amide bonds. The zero-order valence-electron chi connectivity index (χ0n) is 14.4. The predicted octanol–water partition coefficient (Wildman–Crippen LogP) is 5.23. The van der Waals surface area contributed by atoms with Crippen LogP contribution < -0.4 is 14.2 Å². The van der Waals surface area contributed by atoms with E-state index in [4.69, 9.17) is 4.74 Å². The van der Waals surface area contributed by atoms with Crippen molar-refractivity contribution in [1.29, 1.82) is 0 Å². The van der Waals surface area contributed by atoms with E-state index < -0.39 is 47.2 Å². The summed E-state index contributed by atoms with van der Waals surface area (Å²) in [5, 5.41) is -0.466. The minimum Gasteiger partial charge on any atom is -0.497 e. The highest BCUT2D eigenvalue weighted by atomic mass is 19.3. The largest absolute Gasteiger partial charge is 0.497 e. The lowest BCUT2D eigenvalue weighted by Gasteiger charge is -2.11. The fraction of sp³-hybridized carbons (Fsp3) is 0.105. The first-order valence-electron chi connectivity index (χ1n) is 7.83. The summed E-state index contributed by atoms with van der Waals surface area (Å²) in [5.41, 5.74) is -0.996. The van der Waals surface area contributed by atoms with Crippen LogP contribution in [0.15, 0.2) is 36.4 Å². The van der Waals surface area contributed by atoms with Gasteiger partial charge < -0.3 is 14.2 Å². The second kappa shape index (κ2) is 7.90. The Bertz CT molecular complexity index is 1080. The zero-order chi connectivity index (χ0) is 21.3. The summed E-state index contributed by atoms with van der Waals surface area (Å²) in [5.74, 6) is -8.39. The van der Waals surface area contributed by atoms with Crippen molar-refractivity contribution < 1.29 is 45.3 Å². The van der Waals surface area contributed by atoms with E-state index in [2.05, 4.69) is 9.47 Å². The first-order valence-corrected chi connectivity index (χ1v) is 7.83. The van der Waals surface area contributed by atoms with Crippen molar-refractivity contribution in [1.82, 2.24) is 0 Å². The third kappa shape index (κ3) is 4.05. The molecule has 10 heteroatoms. The molecule has 0 heterocycles. The summed E-state index contributed by atoms with van der Waals surface area (Å²) >= 11 is 0. The molecular formula is C19H10F6O4. The van der Waals surface area contributed by atoms with Gasteiger partial charge in [-0.25, -0.2) is 22.4 Å². The number of halogens is 6. The number of alkyl halides is 2. The summed E-state index contributed by atoms with van der Waals surface area (Å²) in [7, 11) is 1.18. The molecule has 0 unspecified atom stereocenters. The molecule has 3 aromatic rings. The highest BCUT2D eigenvalue weighted by molar-refractivity contribution is 5.93. The molecule has 0 saturated heterocycles. The molecule has 152 valence electrons. The van der Waals surface area contributed by atoms with Crippen molar-refractivity contribution in [3.63, 3.8) is 0 Å². The number of fused-ring (bicyclic) bond motifs is 1. The van der Waals surface area contributed by atoms with Crippen LogP contribution in [0.3, 0.4) is 0 Å². The Morgan fingerprint density at radius 1 is 0.897 bits per heavy atom. The molecule has 29 heavy (non-hydrogen) atoms. The fourth-order valence-corrected chi connectivity index (χ4v) is 2.57. The normalized spacial score (nSPS) is 11.0. The molecule has 3 aromatic carbocycles. The summed E-state index contributed by atoms with van der Waals surface area (Å²) in [6, 6.07) is 5.26. The lowest BCUT2D eigenvalue weighted by molar-refractivity contribution is -0.0544. The molecule has 0 aromatic heterocycles. The van der Waals surface area contributed by atoms with Crippen molar-refractivity contribution in [2.75, 3.05) is 7.11 Å². The van der Waals surface area contributed by atoms with Crippen LogP contribution in [0.25, 0.3) is 10.8 Å². The molecule has 0 atom stereocenters. The van der Waals surface area contributed by atoms with Gasteiger partial charge in [0, 0.05) is 17.5 Å². The van der Waals surface area contributed by atoms with Crippen molar-refractivity contribution in [2.45, 2.75) is 6.61 Å². The van der Waals surface area contributed by atoms with Crippen LogP contribution in [0.5, 0.6) is 17.2 Å². The van der Waals surface area contributed by atoms with E-state index in [1.54, 1.807) is 0 Å². The second-order valence-corrected chi connectivity index (χ2v) is 5.62. The van der Waals surface area contributed by atoms with Gasteiger partial charge in [0.2, 0.25) is 0 Å². The number of carbonyl (C=O) groups excluding carboxylic acids is 1. The average Bonchev–Trinajstić information content (AvgIpc) is 2.64. The third-order valence-electron chi connectivity index (χ3n) is 3.83. The summed E-state index contributed by atoms with van der Waals surface area (Å²) in [6.45, 7) is -3.44. The zero-order valence-corrected chi connectivity index (χ0v) is 14.4. The van der Waals surface area contributed by atoms with Crippen LogP contribution >= 0.6 is 0 Å². The number of ether oxygens (including phenoxy) is 3. The second-order valence-electron chi connectivity index (χ2n) is 5.62. The van der Waals surface area contributed by atoms with Crippen LogP contribution in [0.1, 0.15) is 10.4 Å². The van der Waals surface area contributed by atoms with Crippen molar-refractivity contribution >= 4 is 16.7 Å². The molecule has 0 bridgehead atoms. The molecule has 0 saturated carbocycles. The van der Waals surface area contributed by atoms with Crippen molar-refractivity contribution in [2.24, 2.45) is 0 Å². The minimum absolute atomic E-state index is 0.157. The molecule has 0 radical (unpaired) electrons. The lowest BCUT2D eigenvalue weighted by atomic mass is 10.1. The van der Waals surface area contributed by atoms with Crippen LogP contribution in [0.4, 0.5) is 26.3 Å². The number of esters is 1. The standard InChI is InChI=1S/C19H10F6O4/c1-27-10-6-12(20)15(13(21)7-10)18(26)28-9-2-3-11-8(4-9)5-14(22)17(16(11)23)29-19(24)25/h2-7,19H,1H3. The number of methoxy groups -OCH3 is 1. The van der Waals surface area contributed by atoms with Crippen LogP contribution in [0, 0.1) is 23.3 Å². The number of benzene rings is 3. The van der Waals surface area contributed by atoms with Crippen LogP contribution in [-0.4, -0.2) is 19.7 Å². The minimum atomic E-state index is -3.44. The van der Waals surface area contributed by atoms with Gasteiger partial charge in [0.15, 0.2) is 17.4 Å². The SMILES string of the molecule is COc1cc(F)c(C(=O)Oc2ccc3c(F)c(OC(F)F)c(F)cc3c2)c(F)c1. The van der Waals surface area contributed by atoms with Crippen molar-refractivity contribution in [3.05, 3.63) is 65.2 Å². The summed E-state index contributed by atoms with van der Waals surface area (Å²) < 4.78 is 93.9. The van der Waals surface area contributed by atoms with E-state index >= 15 is 0 Å². The maximum atomic E-state index is 14.2. The van der Waals surface area contributed by atoms with Gasteiger partial charge in [-0.2, -0.15) is 8.78 Å². The van der Waals surface area contributed by atoms with Gasteiger partial charge in [-0.05, 0) is 29.7 Å². The smallest absolute Gasteiger partial charge is 0.387 e. The van der Waals surface area contributed by atoms with Crippen molar-refractivity contribution in [3.8, 4) is 17.2 Å². The Morgan fingerprint density at radius 3 is 2.14 bits per heavy atom. The Morgan fingerprint density at radius 2 is 1.55 bits per heavy atom. The van der Waals surface area contributed by atoms with E-state index in [1.807, 2.05) is 0 Å². The van der Waals surface area contributed by atoms with Gasteiger partial charge in [0.05, 0.1) is 7.11 Å². The molecule has 3 rings (SSSR count). The Kier molecular flexibility index (Phi) is 5.53. The Hall–Kier alpha value is -3.43.